The fraction of sp³-hybridized carbons (Fsp3) is 0.391. The Kier molecular flexibility index (Phi) is 9.14. The third-order valence-electron chi connectivity index (χ3n) is 3.93. The van der Waals surface area contributed by atoms with E-state index in [1.54, 1.807) is 20.1 Å². The second-order valence-electron chi connectivity index (χ2n) is 5.74. The van der Waals surface area contributed by atoms with E-state index in [4.69, 9.17) is 18.9 Å². The summed E-state index contributed by atoms with van der Waals surface area (Å²) in [6, 6.07) is 9.52. The van der Waals surface area contributed by atoms with Gasteiger partial charge in [-0.15, -0.1) is 4.91 Å². The van der Waals surface area contributed by atoms with Gasteiger partial charge in [-0.25, -0.2) is 0 Å². The molecular formula is C23H25NO5. The van der Waals surface area contributed by atoms with Crippen LogP contribution < -0.4 is 4.74 Å². The number of hydrogen-bond acceptors (Lipinski definition) is 6. The number of hydrogen-bond donors (Lipinski definition) is 0. The van der Waals surface area contributed by atoms with Crippen molar-refractivity contribution in [2.24, 2.45) is 5.18 Å². The molecule has 0 saturated carbocycles. The SMILES string of the molecule is CCOC(C#Cc1cc(OC)c(C#CC(OCC)OCC)c2ccccc12)N=O. The van der Waals surface area contributed by atoms with Crippen molar-refractivity contribution in [2.75, 3.05) is 26.9 Å². The van der Waals surface area contributed by atoms with Gasteiger partial charge in [-0.2, -0.15) is 0 Å². The van der Waals surface area contributed by atoms with E-state index in [0.29, 0.717) is 36.7 Å². The van der Waals surface area contributed by atoms with Crippen LogP contribution in [0.1, 0.15) is 31.9 Å². The minimum atomic E-state index is -1.01. The van der Waals surface area contributed by atoms with Crippen LogP contribution >= 0.6 is 0 Å². The Morgan fingerprint density at radius 3 is 2.17 bits per heavy atom. The standard InChI is InChI=1S/C23H25NO5/c1-5-27-22(24-25)14-12-17-16-21(26-4)20(19-11-9-8-10-18(17)19)13-15-23(28-6-2)29-7-3/h8-11,16,22-23H,5-7H2,1-4H3. The zero-order valence-electron chi connectivity index (χ0n) is 17.2. The van der Waals surface area contributed by atoms with E-state index in [-0.39, 0.29) is 0 Å². The van der Waals surface area contributed by atoms with Crippen LogP contribution in [0.4, 0.5) is 0 Å². The summed E-state index contributed by atoms with van der Waals surface area (Å²) in [5, 5.41) is 4.65. The average molecular weight is 395 g/mol. The Hall–Kier alpha value is -2.90. The first-order valence-corrected chi connectivity index (χ1v) is 9.48. The first-order valence-electron chi connectivity index (χ1n) is 9.48. The molecule has 0 saturated heterocycles. The lowest BCUT2D eigenvalue weighted by molar-refractivity contribution is -0.0969. The van der Waals surface area contributed by atoms with Gasteiger partial charge in [-0.3, -0.25) is 0 Å². The second-order valence-corrected chi connectivity index (χ2v) is 5.74. The van der Waals surface area contributed by atoms with Crippen LogP contribution in [0.5, 0.6) is 5.75 Å². The van der Waals surface area contributed by atoms with E-state index in [9.17, 15) is 4.91 Å². The highest BCUT2D eigenvalue weighted by molar-refractivity contribution is 5.95. The third kappa shape index (κ3) is 6.04. The van der Waals surface area contributed by atoms with Gasteiger partial charge >= 0.3 is 0 Å². The lowest BCUT2D eigenvalue weighted by Gasteiger charge is -2.12. The van der Waals surface area contributed by atoms with Crippen LogP contribution in [0.25, 0.3) is 10.8 Å². The van der Waals surface area contributed by atoms with Crippen LogP contribution in [0, 0.1) is 28.6 Å². The molecule has 0 aliphatic rings. The highest BCUT2D eigenvalue weighted by Gasteiger charge is 2.12. The van der Waals surface area contributed by atoms with Crippen LogP contribution in [-0.2, 0) is 14.2 Å². The lowest BCUT2D eigenvalue weighted by atomic mass is 9.98. The molecular weight excluding hydrogens is 370 g/mol. The van der Waals surface area contributed by atoms with Gasteiger partial charge in [0.25, 0.3) is 6.23 Å². The number of nitroso groups, excluding NO2 is 1. The molecule has 2 aromatic carbocycles. The molecule has 1 atom stereocenters. The zero-order valence-corrected chi connectivity index (χ0v) is 17.2. The van der Waals surface area contributed by atoms with Crippen molar-refractivity contribution in [3.05, 3.63) is 46.4 Å². The van der Waals surface area contributed by atoms with Crippen molar-refractivity contribution < 1.29 is 18.9 Å². The van der Waals surface area contributed by atoms with Crippen LogP contribution in [0.15, 0.2) is 35.5 Å². The number of fused-ring (bicyclic) bond motifs is 1. The van der Waals surface area contributed by atoms with E-state index in [1.165, 1.54) is 0 Å². The van der Waals surface area contributed by atoms with Crippen molar-refractivity contribution >= 4 is 10.8 Å². The molecule has 0 N–H and O–H groups in total. The Labute approximate surface area is 171 Å². The average Bonchev–Trinajstić information content (AvgIpc) is 2.75. The van der Waals surface area contributed by atoms with Crippen LogP contribution in [0.3, 0.4) is 0 Å². The Morgan fingerprint density at radius 2 is 1.59 bits per heavy atom. The van der Waals surface area contributed by atoms with Gasteiger partial charge in [0.15, 0.2) is 0 Å². The largest absolute Gasteiger partial charge is 0.495 e. The molecule has 6 heteroatoms. The molecule has 0 aromatic heterocycles. The maximum atomic E-state index is 10.9. The molecule has 0 amide bonds. The predicted octanol–water partition coefficient (Wildman–Crippen LogP) is 4.08. The molecule has 0 aliphatic carbocycles. The first kappa shape index (κ1) is 22.4. The van der Waals surface area contributed by atoms with Gasteiger partial charge in [0.2, 0.25) is 6.29 Å². The molecule has 0 spiro atoms. The Morgan fingerprint density at radius 1 is 0.931 bits per heavy atom. The first-order chi connectivity index (χ1) is 14.2. The monoisotopic (exact) mass is 395 g/mol. The van der Waals surface area contributed by atoms with Crippen molar-refractivity contribution in [1.82, 2.24) is 0 Å². The topological polar surface area (TPSA) is 66.3 Å². The summed E-state index contributed by atoms with van der Waals surface area (Å²) in [6.07, 6.45) is -1.62. The van der Waals surface area contributed by atoms with Crippen molar-refractivity contribution in [2.45, 2.75) is 33.3 Å². The fourth-order valence-corrected chi connectivity index (χ4v) is 2.70. The summed E-state index contributed by atoms with van der Waals surface area (Å²) >= 11 is 0. The van der Waals surface area contributed by atoms with Gasteiger partial charge in [0.1, 0.15) is 5.75 Å². The van der Waals surface area contributed by atoms with Crippen molar-refractivity contribution in [1.29, 1.82) is 0 Å². The summed E-state index contributed by atoms with van der Waals surface area (Å²) in [5.74, 6) is 12.5. The summed E-state index contributed by atoms with van der Waals surface area (Å²) in [4.78, 5) is 10.9. The van der Waals surface area contributed by atoms with Crippen LogP contribution in [0.2, 0.25) is 0 Å². The Bertz CT molecular complexity index is 943. The summed E-state index contributed by atoms with van der Waals surface area (Å²) in [7, 11) is 1.57. The minimum Gasteiger partial charge on any atom is -0.495 e. The quantitative estimate of drug-likeness (QED) is 0.383. The summed E-state index contributed by atoms with van der Waals surface area (Å²) in [6.45, 7) is 6.91. The van der Waals surface area contributed by atoms with E-state index in [1.807, 2.05) is 38.1 Å². The van der Waals surface area contributed by atoms with E-state index in [0.717, 1.165) is 10.8 Å². The molecule has 0 bridgehead atoms. The molecule has 1 unspecified atom stereocenters. The highest BCUT2D eigenvalue weighted by atomic mass is 16.7. The molecule has 152 valence electrons. The van der Waals surface area contributed by atoms with Crippen molar-refractivity contribution in [3.63, 3.8) is 0 Å². The van der Waals surface area contributed by atoms with Crippen LogP contribution in [-0.4, -0.2) is 39.4 Å². The molecule has 0 heterocycles. The van der Waals surface area contributed by atoms with Gasteiger partial charge in [0.05, 0.1) is 12.7 Å². The van der Waals surface area contributed by atoms with Gasteiger partial charge in [-0.05, 0) is 49.2 Å². The second kappa shape index (κ2) is 11.8. The Balaban J connectivity index is 2.57. The van der Waals surface area contributed by atoms with Gasteiger partial charge in [0, 0.05) is 30.8 Å². The normalized spacial score (nSPS) is 11.3. The summed E-state index contributed by atoms with van der Waals surface area (Å²) < 4.78 is 21.7. The van der Waals surface area contributed by atoms with E-state index < -0.39 is 12.5 Å². The lowest BCUT2D eigenvalue weighted by Crippen LogP contribution is -2.14. The molecule has 2 rings (SSSR count). The smallest absolute Gasteiger partial charge is 0.252 e. The minimum absolute atomic E-state index is 0.352. The zero-order chi connectivity index (χ0) is 21.1. The molecule has 0 fully saturated rings. The molecule has 6 nitrogen and oxygen atoms in total. The number of nitrogens with zero attached hydrogens (tertiary/aromatic N) is 1. The predicted molar refractivity (Wildman–Crippen MR) is 113 cm³/mol. The molecule has 29 heavy (non-hydrogen) atoms. The van der Waals surface area contributed by atoms with E-state index >= 15 is 0 Å². The molecule has 0 aliphatic heterocycles. The fourth-order valence-electron chi connectivity index (χ4n) is 2.70. The highest BCUT2D eigenvalue weighted by Crippen LogP contribution is 2.30. The maximum Gasteiger partial charge on any atom is 0.252 e. The maximum absolute atomic E-state index is 10.9. The molecule has 2 aromatic rings. The number of rotatable bonds is 8. The summed E-state index contributed by atoms with van der Waals surface area (Å²) in [5.41, 5.74) is 1.41. The number of ether oxygens (including phenoxy) is 4. The number of benzene rings is 2. The van der Waals surface area contributed by atoms with Crippen molar-refractivity contribution in [3.8, 4) is 29.4 Å². The molecule has 0 radical (unpaired) electrons. The van der Waals surface area contributed by atoms with Gasteiger partial charge in [-0.1, -0.05) is 36.1 Å². The number of methoxy groups -OCH3 is 1. The van der Waals surface area contributed by atoms with E-state index in [2.05, 4.69) is 28.9 Å². The van der Waals surface area contributed by atoms with Gasteiger partial charge < -0.3 is 18.9 Å². The third-order valence-corrected chi connectivity index (χ3v) is 3.93.